The second-order valence-electron chi connectivity index (χ2n) is 10.0. The molecule has 0 radical (unpaired) electrons. The first-order valence-corrected chi connectivity index (χ1v) is 14.5. The molecule has 1 N–H and O–H groups in total. The normalized spacial score (nSPS) is 13.3. The highest BCUT2D eigenvalue weighted by molar-refractivity contribution is 7.20. The molecule has 1 aliphatic heterocycles. The van der Waals surface area contributed by atoms with Crippen LogP contribution < -0.4 is 20.3 Å². The molecule has 224 valence electrons. The molecular formula is C32H27F2N5O4S. The highest BCUT2D eigenvalue weighted by Crippen LogP contribution is 2.39. The van der Waals surface area contributed by atoms with Crippen molar-refractivity contribution in [1.29, 1.82) is 0 Å². The van der Waals surface area contributed by atoms with Gasteiger partial charge in [-0.25, -0.2) is 13.8 Å². The first-order valence-electron chi connectivity index (χ1n) is 13.7. The van der Waals surface area contributed by atoms with Crippen molar-refractivity contribution in [2.45, 2.75) is 6.92 Å². The van der Waals surface area contributed by atoms with Crippen LogP contribution >= 0.6 is 11.3 Å². The zero-order chi connectivity index (χ0) is 31.0. The Hall–Kier alpha value is -5.07. The molecule has 0 unspecified atom stereocenters. The van der Waals surface area contributed by atoms with Gasteiger partial charge in [0.1, 0.15) is 22.9 Å². The number of ether oxygens (including phenoxy) is 2. The van der Waals surface area contributed by atoms with Gasteiger partial charge in [0.25, 0.3) is 11.5 Å². The number of nitrogens with zero attached hydrogens (tertiary/aromatic N) is 4. The lowest BCUT2D eigenvalue weighted by Gasteiger charge is -2.18. The highest BCUT2D eigenvalue weighted by Gasteiger charge is 2.22. The minimum atomic E-state index is -0.789. The summed E-state index contributed by atoms with van der Waals surface area (Å²) in [5, 5.41) is 6.67. The second kappa shape index (κ2) is 11.9. The standard InChI is InChI=1S/C32H27F2N5O4S/c1-4-42-26-12-14-39(22-8-5-20(33)6-9-22)32(41)29(26)31(40)36-21-7-10-25(23(34)15-21)43-27-11-13-35-24-16-28(44-30(24)27)19-17-37(2)38(3)18-19/h5-17H,4,18H2,1-3H3,(H,36,40). The van der Waals surface area contributed by atoms with Gasteiger partial charge >= 0.3 is 0 Å². The van der Waals surface area contributed by atoms with Gasteiger partial charge in [0.05, 0.1) is 16.8 Å². The number of nitrogens with one attached hydrogen (secondary N) is 1. The Balaban J connectivity index is 1.25. The number of fused-ring (bicyclic) bond motifs is 1. The Kier molecular flexibility index (Phi) is 7.85. The van der Waals surface area contributed by atoms with Crippen molar-refractivity contribution in [3.8, 4) is 22.9 Å². The number of hydrogen-bond acceptors (Lipinski definition) is 8. The van der Waals surface area contributed by atoms with Gasteiger partial charge in [0.2, 0.25) is 0 Å². The zero-order valence-corrected chi connectivity index (χ0v) is 24.8. The number of pyridine rings is 2. The average Bonchev–Trinajstić information content (AvgIpc) is 3.59. The third-order valence-electron chi connectivity index (χ3n) is 7.07. The molecule has 4 heterocycles. The fraction of sp³-hybridized carbons (Fsp3) is 0.156. The summed E-state index contributed by atoms with van der Waals surface area (Å²) in [6.45, 7) is 2.69. The fourth-order valence-corrected chi connectivity index (χ4v) is 5.87. The number of carbonyl (C=O) groups is 1. The van der Waals surface area contributed by atoms with Crippen molar-refractivity contribution < 1.29 is 23.0 Å². The van der Waals surface area contributed by atoms with Crippen molar-refractivity contribution in [3.63, 3.8) is 0 Å². The number of anilines is 1. The lowest BCUT2D eigenvalue weighted by atomic mass is 10.2. The van der Waals surface area contributed by atoms with Crippen LogP contribution in [0.15, 0.2) is 84.1 Å². The summed E-state index contributed by atoms with van der Waals surface area (Å²) in [5.41, 5.74) is 1.41. The third-order valence-corrected chi connectivity index (χ3v) is 8.28. The van der Waals surface area contributed by atoms with Crippen LogP contribution in [0.5, 0.6) is 17.2 Å². The van der Waals surface area contributed by atoms with Gasteiger partial charge in [-0.3, -0.25) is 19.1 Å². The van der Waals surface area contributed by atoms with E-state index in [1.807, 2.05) is 25.2 Å². The molecule has 6 rings (SSSR count). The Morgan fingerprint density at radius 1 is 1.02 bits per heavy atom. The van der Waals surface area contributed by atoms with Crippen LogP contribution in [0.4, 0.5) is 14.5 Å². The van der Waals surface area contributed by atoms with Gasteiger partial charge in [-0.15, -0.1) is 11.3 Å². The number of rotatable bonds is 8. The van der Waals surface area contributed by atoms with Crippen LogP contribution in [0.25, 0.3) is 21.5 Å². The highest BCUT2D eigenvalue weighted by atomic mass is 32.1. The summed E-state index contributed by atoms with van der Waals surface area (Å²) in [7, 11) is 3.98. The van der Waals surface area contributed by atoms with Crippen molar-refractivity contribution in [2.75, 3.05) is 32.6 Å². The maximum absolute atomic E-state index is 15.3. The summed E-state index contributed by atoms with van der Waals surface area (Å²) in [4.78, 5) is 32.2. The van der Waals surface area contributed by atoms with E-state index in [0.29, 0.717) is 11.4 Å². The molecule has 1 aliphatic rings. The van der Waals surface area contributed by atoms with Crippen LogP contribution in [0.1, 0.15) is 22.2 Å². The molecule has 0 fully saturated rings. The fourth-order valence-electron chi connectivity index (χ4n) is 4.80. The van der Waals surface area contributed by atoms with Crippen LogP contribution in [0.2, 0.25) is 0 Å². The Labute approximate surface area is 255 Å². The van der Waals surface area contributed by atoms with E-state index in [-0.39, 0.29) is 29.4 Å². The molecule has 44 heavy (non-hydrogen) atoms. The molecule has 3 aromatic heterocycles. The topological polar surface area (TPSA) is 88.9 Å². The molecule has 5 aromatic rings. The predicted molar refractivity (Wildman–Crippen MR) is 166 cm³/mol. The quantitative estimate of drug-likeness (QED) is 0.219. The van der Waals surface area contributed by atoms with E-state index in [0.717, 1.165) is 33.3 Å². The number of halogens is 2. The molecule has 12 heteroatoms. The number of aromatic nitrogens is 2. The number of amides is 1. The van der Waals surface area contributed by atoms with E-state index in [1.165, 1.54) is 64.6 Å². The summed E-state index contributed by atoms with van der Waals surface area (Å²) in [6.07, 6.45) is 5.11. The van der Waals surface area contributed by atoms with E-state index in [9.17, 15) is 14.0 Å². The summed E-state index contributed by atoms with van der Waals surface area (Å²) in [5.74, 6) is -1.49. The maximum atomic E-state index is 15.3. The van der Waals surface area contributed by atoms with Gasteiger partial charge in [-0.2, -0.15) is 0 Å². The van der Waals surface area contributed by atoms with E-state index >= 15 is 4.39 Å². The number of hydrazine groups is 1. The number of likely N-dealkylation sites (N-methyl/N-ethyl adjacent to an activating group) is 1. The number of benzene rings is 2. The van der Waals surface area contributed by atoms with Gasteiger partial charge in [0.15, 0.2) is 11.6 Å². The van der Waals surface area contributed by atoms with E-state index in [2.05, 4.69) is 21.5 Å². The van der Waals surface area contributed by atoms with Gasteiger partial charge in [-0.05, 0) is 55.5 Å². The first-order chi connectivity index (χ1) is 21.2. The molecule has 9 nitrogen and oxygen atoms in total. The minimum absolute atomic E-state index is 0.0432. The van der Waals surface area contributed by atoms with E-state index in [4.69, 9.17) is 9.47 Å². The lowest BCUT2D eigenvalue weighted by molar-refractivity contribution is 0.102. The summed E-state index contributed by atoms with van der Waals surface area (Å²) >= 11 is 1.52. The SMILES string of the molecule is CCOc1ccn(-c2ccc(F)cc2)c(=O)c1C(=O)Nc1ccc(Oc2ccnc3cc(C4=CN(C)N(C)C4)sc23)c(F)c1. The molecular weight excluding hydrogens is 588 g/mol. The maximum Gasteiger partial charge on any atom is 0.271 e. The third kappa shape index (κ3) is 5.64. The number of hydrogen-bond donors (Lipinski definition) is 1. The number of thiophene rings is 1. The van der Waals surface area contributed by atoms with Crippen molar-refractivity contribution in [2.24, 2.45) is 0 Å². The second-order valence-corrected chi connectivity index (χ2v) is 11.1. The van der Waals surface area contributed by atoms with Gasteiger partial charge in [0, 0.05) is 73.2 Å². The Morgan fingerprint density at radius 2 is 1.82 bits per heavy atom. The minimum Gasteiger partial charge on any atom is -0.493 e. The number of carbonyl (C=O) groups excluding carboxylic acids is 1. The van der Waals surface area contributed by atoms with Gasteiger partial charge < -0.3 is 19.8 Å². The first kappa shape index (κ1) is 29.0. The monoisotopic (exact) mass is 615 g/mol. The average molecular weight is 616 g/mol. The van der Waals surface area contributed by atoms with Crippen molar-refractivity contribution >= 4 is 38.7 Å². The largest absolute Gasteiger partial charge is 0.493 e. The smallest absolute Gasteiger partial charge is 0.271 e. The van der Waals surface area contributed by atoms with Crippen LogP contribution in [0.3, 0.4) is 0 Å². The molecule has 0 atom stereocenters. The molecule has 2 aromatic carbocycles. The molecule has 0 saturated carbocycles. The molecule has 0 saturated heterocycles. The van der Waals surface area contributed by atoms with Gasteiger partial charge in [-0.1, -0.05) is 0 Å². The predicted octanol–water partition coefficient (Wildman–Crippen LogP) is 6.30. The van der Waals surface area contributed by atoms with E-state index in [1.54, 1.807) is 19.2 Å². The van der Waals surface area contributed by atoms with Crippen molar-refractivity contribution in [3.05, 3.63) is 112 Å². The Morgan fingerprint density at radius 3 is 2.52 bits per heavy atom. The summed E-state index contributed by atoms with van der Waals surface area (Å²) < 4.78 is 42.2. The zero-order valence-electron chi connectivity index (χ0n) is 24.0. The van der Waals surface area contributed by atoms with Crippen LogP contribution in [-0.4, -0.2) is 52.7 Å². The lowest BCUT2D eigenvalue weighted by Crippen LogP contribution is -2.29. The van der Waals surface area contributed by atoms with E-state index < -0.39 is 23.1 Å². The van der Waals surface area contributed by atoms with Crippen LogP contribution in [0, 0.1) is 11.6 Å². The molecule has 1 amide bonds. The Bertz CT molecular complexity index is 1970. The molecule has 0 spiro atoms. The van der Waals surface area contributed by atoms with Crippen LogP contribution in [-0.2, 0) is 0 Å². The van der Waals surface area contributed by atoms with Crippen molar-refractivity contribution in [1.82, 2.24) is 19.6 Å². The molecule has 0 bridgehead atoms. The molecule has 0 aliphatic carbocycles. The summed E-state index contributed by atoms with van der Waals surface area (Å²) in [6, 6.07) is 14.4.